The fourth-order valence-corrected chi connectivity index (χ4v) is 2.18. The van der Waals surface area contributed by atoms with Crippen LogP contribution in [0.3, 0.4) is 0 Å². The van der Waals surface area contributed by atoms with Crippen molar-refractivity contribution in [1.29, 1.82) is 0 Å². The van der Waals surface area contributed by atoms with Crippen molar-refractivity contribution in [2.75, 3.05) is 0 Å². The summed E-state index contributed by atoms with van der Waals surface area (Å²) in [5.41, 5.74) is 4.33. The molecular formula is C14H17B. The number of rotatable bonds is 2. The van der Waals surface area contributed by atoms with Crippen molar-refractivity contribution in [2.45, 2.75) is 32.0 Å². The van der Waals surface area contributed by atoms with Crippen LogP contribution in [0, 0.1) is 0 Å². The summed E-state index contributed by atoms with van der Waals surface area (Å²) in [4.78, 5) is 0. The van der Waals surface area contributed by atoms with Gasteiger partial charge < -0.3 is 0 Å². The van der Waals surface area contributed by atoms with E-state index < -0.39 is 0 Å². The van der Waals surface area contributed by atoms with Crippen molar-refractivity contribution in [3.8, 4) is 0 Å². The Morgan fingerprint density at radius 2 is 2.20 bits per heavy atom. The van der Waals surface area contributed by atoms with Gasteiger partial charge in [-0.1, -0.05) is 0 Å². The molecule has 0 fully saturated rings. The molecular weight excluding hydrogens is 179 g/mol. The van der Waals surface area contributed by atoms with Gasteiger partial charge in [-0.2, -0.15) is 0 Å². The fourth-order valence-electron chi connectivity index (χ4n) is 2.18. The second-order valence-electron chi connectivity index (χ2n) is 4.26. The van der Waals surface area contributed by atoms with E-state index in [0.29, 0.717) is 5.82 Å². The van der Waals surface area contributed by atoms with Crippen molar-refractivity contribution in [3.63, 3.8) is 0 Å². The van der Waals surface area contributed by atoms with Crippen molar-refractivity contribution < 1.29 is 0 Å². The first-order valence-electron chi connectivity index (χ1n) is 5.69. The van der Waals surface area contributed by atoms with Crippen molar-refractivity contribution in [2.24, 2.45) is 0 Å². The Labute approximate surface area is 93.0 Å². The van der Waals surface area contributed by atoms with Crippen LogP contribution in [-0.2, 0) is 0 Å². The van der Waals surface area contributed by atoms with Gasteiger partial charge in [-0.25, -0.2) is 0 Å². The molecule has 2 rings (SSSR count). The molecule has 0 aromatic heterocycles. The molecule has 1 atom stereocenters. The summed E-state index contributed by atoms with van der Waals surface area (Å²) in [7, 11) is 0. The number of allylic oxidation sites excluding steroid dienone is 8. The van der Waals surface area contributed by atoms with Gasteiger partial charge in [0.05, 0.1) is 0 Å². The Hall–Kier alpha value is -1.11. The summed E-state index contributed by atoms with van der Waals surface area (Å²) in [6, 6.07) is 0. The molecule has 0 bridgehead atoms. The summed E-state index contributed by atoms with van der Waals surface area (Å²) < 4.78 is 0. The van der Waals surface area contributed by atoms with Crippen LogP contribution in [0.1, 0.15) is 26.2 Å². The zero-order chi connectivity index (χ0) is 10.7. The van der Waals surface area contributed by atoms with Crippen LogP contribution in [0.5, 0.6) is 0 Å². The summed E-state index contributed by atoms with van der Waals surface area (Å²) in [6.45, 7) is 8.12. The van der Waals surface area contributed by atoms with Gasteiger partial charge in [0.2, 0.25) is 0 Å². The van der Waals surface area contributed by atoms with Crippen LogP contribution in [-0.4, -0.2) is 13.4 Å². The van der Waals surface area contributed by atoms with Gasteiger partial charge in [0.15, 0.2) is 0 Å². The minimum atomic E-state index is 0.514. The Bertz CT molecular complexity index is 380. The molecule has 0 N–H and O–H groups in total. The molecule has 0 aromatic rings. The topological polar surface area (TPSA) is 0 Å². The third kappa shape index (κ3) is 2.28. The average Bonchev–Trinajstić information content (AvgIpc) is 2.31. The van der Waals surface area contributed by atoms with E-state index in [1.807, 2.05) is 6.92 Å². The van der Waals surface area contributed by atoms with E-state index in [0.717, 1.165) is 6.42 Å². The molecule has 15 heavy (non-hydrogen) atoms. The fraction of sp³-hybridized carbons (Fsp3) is 0.357. The monoisotopic (exact) mass is 196 g/mol. The molecule has 0 aliphatic heterocycles. The first-order valence-corrected chi connectivity index (χ1v) is 5.69. The van der Waals surface area contributed by atoms with E-state index in [-0.39, 0.29) is 0 Å². The van der Waals surface area contributed by atoms with Crippen LogP contribution in [0.4, 0.5) is 0 Å². The van der Waals surface area contributed by atoms with Crippen LogP contribution in [0.2, 0.25) is 5.82 Å². The normalized spacial score (nSPS) is 25.1. The van der Waals surface area contributed by atoms with E-state index >= 15 is 0 Å². The second-order valence-corrected chi connectivity index (χ2v) is 4.26. The zero-order valence-corrected chi connectivity index (χ0v) is 9.37. The molecule has 1 unspecified atom stereocenters. The standard InChI is InChI=1S/C14H17B/c1-11-8-9-13(15-2)10-14(11)12-6-4-3-5-7-12/h4,6-9,13H,2-3,5,10H2,1H3. The van der Waals surface area contributed by atoms with Gasteiger partial charge in [-0.05, 0) is 0 Å². The molecule has 0 spiro atoms. The summed E-state index contributed by atoms with van der Waals surface area (Å²) in [6.07, 6.45) is 14.9. The minimum absolute atomic E-state index is 0.514. The average molecular weight is 196 g/mol. The van der Waals surface area contributed by atoms with Crippen LogP contribution >= 0.6 is 0 Å². The van der Waals surface area contributed by atoms with Crippen LogP contribution in [0.15, 0.2) is 47.1 Å². The van der Waals surface area contributed by atoms with Gasteiger partial charge in [0, 0.05) is 0 Å². The molecule has 0 saturated heterocycles. The molecule has 1 heteroatoms. The van der Waals surface area contributed by atoms with E-state index in [4.69, 9.17) is 0 Å². The van der Waals surface area contributed by atoms with E-state index in [1.165, 1.54) is 29.6 Å². The molecule has 0 radical (unpaired) electrons. The number of hydrogen-bond donors (Lipinski definition) is 0. The maximum atomic E-state index is 3.88. The molecule has 2 aliphatic carbocycles. The predicted octanol–water partition coefficient (Wildman–Crippen LogP) is 3.46. The van der Waals surface area contributed by atoms with Crippen LogP contribution < -0.4 is 0 Å². The maximum absolute atomic E-state index is 3.88. The van der Waals surface area contributed by atoms with E-state index in [2.05, 4.69) is 43.8 Å². The van der Waals surface area contributed by atoms with Crippen LogP contribution in [0.25, 0.3) is 0 Å². The van der Waals surface area contributed by atoms with E-state index in [1.54, 1.807) is 0 Å². The Balaban J connectivity index is 2.27. The summed E-state index contributed by atoms with van der Waals surface area (Å²) in [5.74, 6) is 0.514. The van der Waals surface area contributed by atoms with Gasteiger partial charge in [0.25, 0.3) is 0 Å². The Kier molecular flexibility index (Phi) is 3.20. The summed E-state index contributed by atoms with van der Waals surface area (Å²) in [5, 5.41) is 0. The van der Waals surface area contributed by atoms with Gasteiger partial charge in [-0.15, -0.1) is 0 Å². The first kappa shape index (κ1) is 10.4. The molecule has 76 valence electrons. The zero-order valence-electron chi connectivity index (χ0n) is 9.37. The SMILES string of the molecule is C=BC1C=CC(C)=C(C2=CCCC=C2)C1. The van der Waals surface area contributed by atoms with Crippen molar-refractivity contribution in [1.82, 2.24) is 0 Å². The third-order valence-corrected chi connectivity index (χ3v) is 3.16. The predicted molar refractivity (Wildman–Crippen MR) is 69.5 cm³/mol. The van der Waals surface area contributed by atoms with E-state index in [9.17, 15) is 0 Å². The molecule has 0 aromatic carbocycles. The molecule has 0 saturated carbocycles. The second kappa shape index (κ2) is 4.61. The summed E-state index contributed by atoms with van der Waals surface area (Å²) >= 11 is 0. The van der Waals surface area contributed by atoms with Gasteiger partial charge >= 0.3 is 92.5 Å². The third-order valence-electron chi connectivity index (χ3n) is 3.16. The first-order chi connectivity index (χ1) is 7.31. The van der Waals surface area contributed by atoms with Crippen molar-refractivity contribution in [3.05, 3.63) is 47.1 Å². The number of hydrogen-bond acceptors (Lipinski definition) is 0. The van der Waals surface area contributed by atoms with Crippen molar-refractivity contribution >= 4 is 13.4 Å². The van der Waals surface area contributed by atoms with Gasteiger partial charge in [-0.3, -0.25) is 0 Å². The molecule has 0 nitrogen and oxygen atoms in total. The van der Waals surface area contributed by atoms with Gasteiger partial charge in [0.1, 0.15) is 0 Å². The quantitative estimate of drug-likeness (QED) is 0.593. The molecule has 2 aliphatic rings. The molecule has 0 heterocycles. The Morgan fingerprint density at radius 1 is 1.33 bits per heavy atom. The Morgan fingerprint density at radius 3 is 2.87 bits per heavy atom. The molecule has 0 amide bonds.